The zero-order valence-electron chi connectivity index (χ0n) is 11.9. The molecular formula is C14H17N3O4. The summed E-state index contributed by atoms with van der Waals surface area (Å²) in [5, 5.41) is 13.7. The molecule has 1 atom stereocenters. The maximum absolute atomic E-state index is 12.3. The maximum Gasteiger partial charge on any atom is 0.269 e. The highest BCUT2D eigenvalue weighted by atomic mass is 16.6. The van der Waals surface area contributed by atoms with Crippen LogP contribution in [-0.4, -0.2) is 29.3 Å². The number of hydrogen-bond donors (Lipinski definition) is 1. The average molecular weight is 291 g/mol. The molecular weight excluding hydrogens is 274 g/mol. The topological polar surface area (TPSA) is 92.6 Å². The van der Waals surface area contributed by atoms with E-state index in [1.807, 2.05) is 13.8 Å². The van der Waals surface area contributed by atoms with Crippen LogP contribution in [0.3, 0.4) is 0 Å². The Kier molecular flexibility index (Phi) is 4.32. The highest BCUT2D eigenvalue weighted by molar-refractivity contribution is 6.22. The first kappa shape index (κ1) is 15.1. The fraction of sp³-hybridized carbons (Fsp3) is 0.429. The molecule has 0 saturated carbocycles. The number of carbonyl (C=O) groups excluding carboxylic acids is 2. The second kappa shape index (κ2) is 6.01. The van der Waals surface area contributed by atoms with Crippen molar-refractivity contribution in [2.75, 3.05) is 11.4 Å². The molecule has 112 valence electrons. The first-order chi connectivity index (χ1) is 9.90. The van der Waals surface area contributed by atoms with Gasteiger partial charge in [-0.3, -0.25) is 19.7 Å². The highest BCUT2D eigenvalue weighted by Crippen LogP contribution is 2.25. The lowest BCUT2D eigenvalue weighted by Gasteiger charge is -2.16. The van der Waals surface area contributed by atoms with E-state index in [0.717, 1.165) is 4.90 Å². The summed E-state index contributed by atoms with van der Waals surface area (Å²) in [6.07, 6.45) is 0.114. The van der Waals surface area contributed by atoms with Crippen molar-refractivity contribution in [3.8, 4) is 0 Å². The van der Waals surface area contributed by atoms with E-state index >= 15 is 0 Å². The Balaban J connectivity index is 2.14. The highest BCUT2D eigenvalue weighted by Gasteiger charge is 2.39. The van der Waals surface area contributed by atoms with Gasteiger partial charge in [0, 0.05) is 12.1 Å². The van der Waals surface area contributed by atoms with Crippen LogP contribution in [0.5, 0.6) is 0 Å². The number of nitrogens with one attached hydrogen (secondary N) is 1. The number of nitro groups is 1. The van der Waals surface area contributed by atoms with Crippen LogP contribution >= 0.6 is 0 Å². The van der Waals surface area contributed by atoms with Gasteiger partial charge in [0.15, 0.2) is 0 Å². The molecule has 0 bridgehead atoms. The molecule has 2 amide bonds. The number of anilines is 1. The Labute approximate surface area is 122 Å². The van der Waals surface area contributed by atoms with Crippen molar-refractivity contribution in [1.29, 1.82) is 0 Å². The molecule has 0 aromatic heterocycles. The van der Waals surface area contributed by atoms with Crippen LogP contribution in [-0.2, 0) is 9.59 Å². The van der Waals surface area contributed by atoms with Crippen molar-refractivity contribution < 1.29 is 14.5 Å². The van der Waals surface area contributed by atoms with E-state index in [-0.39, 0.29) is 23.9 Å². The van der Waals surface area contributed by atoms with Crippen molar-refractivity contribution in [3.05, 3.63) is 34.4 Å². The van der Waals surface area contributed by atoms with E-state index < -0.39 is 11.0 Å². The lowest BCUT2D eigenvalue weighted by atomic mass is 10.2. The molecule has 7 nitrogen and oxygen atoms in total. The minimum Gasteiger partial charge on any atom is -0.305 e. The van der Waals surface area contributed by atoms with Gasteiger partial charge in [-0.1, -0.05) is 13.8 Å². The second-order valence-corrected chi connectivity index (χ2v) is 5.40. The minimum absolute atomic E-state index is 0.0765. The van der Waals surface area contributed by atoms with Crippen LogP contribution in [0.25, 0.3) is 0 Å². The van der Waals surface area contributed by atoms with Gasteiger partial charge >= 0.3 is 0 Å². The van der Waals surface area contributed by atoms with E-state index in [1.54, 1.807) is 0 Å². The fourth-order valence-corrected chi connectivity index (χ4v) is 2.16. The molecule has 2 rings (SSSR count). The summed E-state index contributed by atoms with van der Waals surface area (Å²) in [5.74, 6) is -0.231. The standard InChI is InChI=1S/C14H17N3O4/c1-9(2)8-15-12-7-13(18)16(14(12)19)10-3-5-11(6-4-10)17(20)21/h3-6,9,12,15H,7-8H2,1-2H3/t12-/m0/s1. The predicted molar refractivity (Wildman–Crippen MR) is 76.8 cm³/mol. The first-order valence-electron chi connectivity index (χ1n) is 6.74. The summed E-state index contributed by atoms with van der Waals surface area (Å²) in [5.41, 5.74) is 0.289. The van der Waals surface area contributed by atoms with Gasteiger partial charge in [0.05, 0.1) is 23.1 Å². The monoisotopic (exact) mass is 291 g/mol. The molecule has 0 radical (unpaired) electrons. The van der Waals surface area contributed by atoms with Gasteiger partial charge in [0.25, 0.3) is 11.6 Å². The van der Waals surface area contributed by atoms with E-state index in [1.165, 1.54) is 24.3 Å². The van der Waals surface area contributed by atoms with Crippen LogP contribution in [0, 0.1) is 16.0 Å². The number of imide groups is 1. The van der Waals surface area contributed by atoms with Crippen LogP contribution in [0.4, 0.5) is 11.4 Å². The van der Waals surface area contributed by atoms with Crippen molar-refractivity contribution in [3.63, 3.8) is 0 Å². The molecule has 1 aliphatic rings. The summed E-state index contributed by atoms with van der Waals surface area (Å²) in [6.45, 7) is 4.68. The Morgan fingerprint density at radius 1 is 1.33 bits per heavy atom. The second-order valence-electron chi connectivity index (χ2n) is 5.40. The first-order valence-corrected chi connectivity index (χ1v) is 6.74. The van der Waals surface area contributed by atoms with Crippen LogP contribution in [0.1, 0.15) is 20.3 Å². The SMILES string of the molecule is CC(C)CN[C@H]1CC(=O)N(c2ccc([N+](=O)[O-])cc2)C1=O. The summed E-state index contributed by atoms with van der Waals surface area (Å²) in [6, 6.07) is 4.88. The van der Waals surface area contributed by atoms with Gasteiger partial charge in [-0.25, -0.2) is 4.90 Å². The lowest BCUT2D eigenvalue weighted by Crippen LogP contribution is -2.40. The molecule has 0 unspecified atom stereocenters. The molecule has 0 spiro atoms. The van der Waals surface area contributed by atoms with Crippen molar-refractivity contribution in [2.45, 2.75) is 26.3 Å². The zero-order valence-corrected chi connectivity index (χ0v) is 11.9. The minimum atomic E-state index is -0.523. The summed E-state index contributed by atoms with van der Waals surface area (Å²) in [7, 11) is 0. The van der Waals surface area contributed by atoms with Gasteiger partial charge in [-0.15, -0.1) is 0 Å². The maximum atomic E-state index is 12.3. The third-order valence-electron chi connectivity index (χ3n) is 3.24. The quantitative estimate of drug-likeness (QED) is 0.504. The van der Waals surface area contributed by atoms with Crippen LogP contribution < -0.4 is 10.2 Å². The smallest absolute Gasteiger partial charge is 0.269 e. The van der Waals surface area contributed by atoms with E-state index in [9.17, 15) is 19.7 Å². The Morgan fingerprint density at radius 3 is 2.48 bits per heavy atom. The normalized spacial score (nSPS) is 18.6. The number of amides is 2. The number of hydrogen-bond acceptors (Lipinski definition) is 5. The molecule has 1 aromatic rings. The molecule has 7 heteroatoms. The van der Waals surface area contributed by atoms with Crippen molar-refractivity contribution >= 4 is 23.2 Å². The predicted octanol–water partition coefficient (Wildman–Crippen LogP) is 1.47. The zero-order chi connectivity index (χ0) is 15.6. The molecule has 21 heavy (non-hydrogen) atoms. The summed E-state index contributed by atoms with van der Waals surface area (Å²) in [4.78, 5) is 35.4. The fourth-order valence-electron chi connectivity index (χ4n) is 2.16. The summed E-state index contributed by atoms with van der Waals surface area (Å²) >= 11 is 0. The molecule has 1 N–H and O–H groups in total. The average Bonchev–Trinajstić information content (AvgIpc) is 2.71. The molecule has 1 aliphatic heterocycles. The molecule has 1 aromatic carbocycles. The Morgan fingerprint density at radius 2 is 1.95 bits per heavy atom. The van der Waals surface area contributed by atoms with Crippen LogP contribution in [0.15, 0.2) is 24.3 Å². The van der Waals surface area contributed by atoms with Gasteiger partial charge in [-0.05, 0) is 24.6 Å². The number of non-ortho nitro benzene ring substituents is 1. The molecule has 1 fully saturated rings. The number of nitrogens with zero attached hydrogens (tertiary/aromatic N) is 2. The van der Waals surface area contributed by atoms with Crippen molar-refractivity contribution in [1.82, 2.24) is 5.32 Å². The lowest BCUT2D eigenvalue weighted by molar-refractivity contribution is -0.384. The van der Waals surface area contributed by atoms with E-state index in [2.05, 4.69) is 5.32 Å². The Bertz CT molecular complexity index is 568. The van der Waals surface area contributed by atoms with Gasteiger partial charge in [0.1, 0.15) is 0 Å². The largest absolute Gasteiger partial charge is 0.305 e. The number of rotatable bonds is 5. The number of benzene rings is 1. The molecule has 0 aliphatic carbocycles. The van der Waals surface area contributed by atoms with Crippen molar-refractivity contribution in [2.24, 2.45) is 5.92 Å². The third-order valence-corrected chi connectivity index (χ3v) is 3.24. The summed E-state index contributed by atoms with van der Waals surface area (Å²) < 4.78 is 0. The van der Waals surface area contributed by atoms with Gasteiger partial charge < -0.3 is 5.32 Å². The molecule has 1 saturated heterocycles. The number of carbonyl (C=O) groups is 2. The number of nitro benzene ring substituents is 1. The van der Waals surface area contributed by atoms with Crippen LogP contribution in [0.2, 0.25) is 0 Å². The van der Waals surface area contributed by atoms with Gasteiger partial charge in [0.2, 0.25) is 5.91 Å². The third kappa shape index (κ3) is 3.25. The van der Waals surface area contributed by atoms with Gasteiger partial charge in [-0.2, -0.15) is 0 Å². The molecule has 1 heterocycles. The van der Waals surface area contributed by atoms with E-state index in [0.29, 0.717) is 18.2 Å². The van der Waals surface area contributed by atoms with E-state index in [4.69, 9.17) is 0 Å². The Hall–Kier alpha value is -2.28.